The van der Waals surface area contributed by atoms with E-state index in [1.807, 2.05) is 48.5 Å². The highest BCUT2D eigenvalue weighted by atomic mass is 16.7. The molecule has 60 heavy (non-hydrogen) atoms. The van der Waals surface area contributed by atoms with Crippen LogP contribution in [0.1, 0.15) is 117 Å². The van der Waals surface area contributed by atoms with E-state index in [2.05, 4.69) is 13.8 Å². The fourth-order valence-corrected chi connectivity index (χ4v) is 7.15. The van der Waals surface area contributed by atoms with Gasteiger partial charge in [0.05, 0.1) is 25.0 Å². The van der Waals surface area contributed by atoms with Crippen molar-refractivity contribution in [3.63, 3.8) is 0 Å². The molecule has 5 rings (SSSR count). The standard InChI is InChI=1S/C50H60O10/c1-3-5-7-9-11-13-35-55-49(53)59-45-31-23-39(24-32-45)37-19-27-43(28-20-37)57-47(51)41-15-17-42(18-16-41)48(52)58-44-29-21-38(22-30-44)40-25-33-46(34-26-40)60-50(54)56-36-14-12-10-8-6-4-2/h19-34,41-42H,3-18,35-36H2,1-2H3/t41-,42-. The normalized spacial score (nSPS) is 14.8. The molecule has 10 nitrogen and oxygen atoms in total. The summed E-state index contributed by atoms with van der Waals surface area (Å²) in [5.74, 6) is 0.489. The Kier molecular flexibility index (Phi) is 19.0. The van der Waals surface area contributed by atoms with Crippen LogP contribution in [-0.2, 0) is 19.1 Å². The predicted molar refractivity (Wildman–Crippen MR) is 231 cm³/mol. The molecule has 0 unspecified atom stereocenters. The summed E-state index contributed by atoms with van der Waals surface area (Å²) in [5.41, 5.74) is 3.66. The van der Waals surface area contributed by atoms with E-state index in [-0.39, 0.29) is 23.8 Å². The summed E-state index contributed by atoms with van der Waals surface area (Å²) < 4.78 is 32.4. The monoisotopic (exact) mass is 820 g/mol. The van der Waals surface area contributed by atoms with Crippen LogP contribution in [0.5, 0.6) is 23.0 Å². The Bertz CT molecular complexity index is 1750. The van der Waals surface area contributed by atoms with Gasteiger partial charge in [-0.25, -0.2) is 9.59 Å². The fraction of sp³-hybridized carbons (Fsp3) is 0.440. The first-order valence-corrected chi connectivity index (χ1v) is 21.8. The van der Waals surface area contributed by atoms with Crippen LogP contribution in [0.2, 0.25) is 0 Å². The molecule has 1 saturated carbocycles. The number of rotatable bonds is 22. The summed E-state index contributed by atoms with van der Waals surface area (Å²) in [7, 11) is 0. The lowest BCUT2D eigenvalue weighted by Gasteiger charge is -2.25. The highest BCUT2D eigenvalue weighted by Gasteiger charge is 2.32. The van der Waals surface area contributed by atoms with Crippen molar-refractivity contribution < 1.29 is 47.6 Å². The molecule has 0 aliphatic heterocycles. The van der Waals surface area contributed by atoms with Gasteiger partial charge in [-0.3, -0.25) is 9.59 Å². The molecule has 0 aromatic heterocycles. The van der Waals surface area contributed by atoms with Crippen molar-refractivity contribution in [2.45, 2.75) is 117 Å². The lowest BCUT2D eigenvalue weighted by Crippen LogP contribution is -2.30. The van der Waals surface area contributed by atoms with Crippen molar-refractivity contribution in [1.82, 2.24) is 0 Å². The van der Waals surface area contributed by atoms with Crippen LogP contribution >= 0.6 is 0 Å². The topological polar surface area (TPSA) is 124 Å². The van der Waals surface area contributed by atoms with Crippen molar-refractivity contribution >= 4 is 24.2 Å². The van der Waals surface area contributed by atoms with Gasteiger partial charge in [0.25, 0.3) is 0 Å². The summed E-state index contributed by atoms with van der Waals surface area (Å²) in [5, 5.41) is 0. The maximum atomic E-state index is 13.0. The third kappa shape index (κ3) is 15.5. The Labute approximate surface area is 354 Å². The Morgan fingerprint density at radius 1 is 0.383 bits per heavy atom. The van der Waals surface area contributed by atoms with E-state index in [9.17, 15) is 19.2 Å². The third-order valence-corrected chi connectivity index (χ3v) is 10.8. The zero-order valence-electron chi connectivity index (χ0n) is 35.2. The quantitative estimate of drug-likeness (QED) is 0.0327. The lowest BCUT2D eigenvalue weighted by atomic mass is 9.82. The van der Waals surface area contributed by atoms with Gasteiger partial charge in [-0.15, -0.1) is 0 Å². The second-order valence-corrected chi connectivity index (χ2v) is 15.4. The Morgan fingerprint density at radius 2 is 0.650 bits per heavy atom. The largest absolute Gasteiger partial charge is 0.513 e. The second kappa shape index (κ2) is 25.1. The van der Waals surface area contributed by atoms with E-state index in [0.29, 0.717) is 61.9 Å². The van der Waals surface area contributed by atoms with Gasteiger partial charge in [0.2, 0.25) is 0 Å². The number of unbranched alkanes of at least 4 members (excludes halogenated alkanes) is 10. The first-order chi connectivity index (χ1) is 29.3. The Hall–Kier alpha value is -5.64. The fourth-order valence-electron chi connectivity index (χ4n) is 7.15. The summed E-state index contributed by atoms with van der Waals surface area (Å²) in [4.78, 5) is 50.2. The van der Waals surface area contributed by atoms with Gasteiger partial charge in [-0.2, -0.15) is 0 Å². The molecule has 1 aliphatic carbocycles. The third-order valence-electron chi connectivity index (χ3n) is 10.8. The lowest BCUT2D eigenvalue weighted by molar-refractivity contribution is -0.145. The van der Waals surface area contributed by atoms with Gasteiger partial charge in [-0.1, -0.05) is 127 Å². The van der Waals surface area contributed by atoms with E-state index in [4.69, 9.17) is 28.4 Å². The van der Waals surface area contributed by atoms with Crippen molar-refractivity contribution in [3.8, 4) is 45.3 Å². The van der Waals surface area contributed by atoms with Crippen LogP contribution in [0.3, 0.4) is 0 Å². The maximum absolute atomic E-state index is 13.0. The summed E-state index contributed by atoms with van der Waals surface area (Å²) >= 11 is 0. The highest BCUT2D eigenvalue weighted by Crippen LogP contribution is 2.33. The smallest absolute Gasteiger partial charge is 0.434 e. The molecule has 0 saturated heterocycles. The number of ether oxygens (including phenoxy) is 6. The van der Waals surface area contributed by atoms with E-state index in [1.165, 1.54) is 38.5 Å². The van der Waals surface area contributed by atoms with Gasteiger partial charge in [0.1, 0.15) is 23.0 Å². The van der Waals surface area contributed by atoms with Crippen molar-refractivity contribution in [3.05, 3.63) is 97.1 Å². The van der Waals surface area contributed by atoms with Crippen LogP contribution in [-0.4, -0.2) is 37.5 Å². The molecule has 0 radical (unpaired) electrons. The molecule has 320 valence electrons. The summed E-state index contributed by atoms with van der Waals surface area (Å²) in [6, 6.07) is 28.8. The van der Waals surface area contributed by atoms with Crippen molar-refractivity contribution in [1.29, 1.82) is 0 Å². The van der Waals surface area contributed by atoms with Crippen LogP contribution in [0, 0.1) is 11.8 Å². The number of esters is 2. The number of benzene rings is 4. The van der Waals surface area contributed by atoms with Crippen LogP contribution < -0.4 is 18.9 Å². The van der Waals surface area contributed by atoms with E-state index in [1.54, 1.807) is 48.5 Å². The van der Waals surface area contributed by atoms with E-state index in [0.717, 1.165) is 60.8 Å². The van der Waals surface area contributed by atoms with Crippen molar-refractivity contribution in [2.24, 2.45) is 11.8 Å². The molecule has 0 heterocycles. The zero-order chi connectivity index (χ0) is 42.4. The predicted octanol–water partition coefficient (Wildman–Crippen LogP) is 13.1. The number of hydrogen-bond donors (Lipinski definition) is 0. The van der Waals surface area contributed by atoms with Gasteiger partial charge < -0.3 is 28.4 Å². The molecule has 0 spiro atoms. The SMILES string of the molecule is CCCCCCCCOC(=O)Oc1ccc(-c2ccc(OC(=O)[C@H]3CC[C@H](C(=O)Oc4ccc(-c5ccc(OC(=O)OCCCCCCCC)cc5)cc4)CC3)cc2)cc1. The van der Waals surface area contributed by atoms with Crippen LogP contribution in [0.4, 0.5) is 9.59 Å². The Morgan fingerprint density at radius 3 is 0.950 bits per heavy atom. The minimum absolute atomic E-state index is 0.300. The molecule has 0 bridgehead atoms. The minimum atomic E-state index is -0.703. The number of carbonyl (C=O) groups excluding carboxylic acids is 4. The minimum Gasteiger partial charge on any atom is -0.434 e. The van der Waals surface area contributed by atoms with Gasteiger partial charge >= 0.3 is 24.2 Å². The summed E-state index contributed by atoms with van der Waals surface area (Å²) in [6.07, 6.45) is 14.1. The summed E-state index contributed by atoms with van der Waals surface area (Å²) in [6.45, 7) is 5.07. The van der Waals surface area contributed by atoms with Gasteiger partial charge in [0.15, 0.2) is 0 Å². The van der Waals surface area contributed by atoms with Crippen LogP contribution in [0.25, 0.3) is 22.3 Å². The average Bonchev–Trinajstić information content (AvgIpc) is 3.27. The molecular formula is C50H60O10. The van der Waals surface area contributed by atoms with E-state index < -0.39 is 12.3 Å². The molecule has 10 heteroatoms. The molecule has 4 aromatic carbocycles. The van der Waals surface area contributed by atoms with Crippen molar-refractivity contribution in [2.75, 3.05) is 13.2 Å². The maximum Gasteiger partial charge on any atom is 0.513 e. The van der Waals surface area contributed by atoms with E-state index >= 15 is 0 Å². The molecule has 0 amide bonds. The second-order valence-electron chi connectivity index (χ2n) is 15.4. The molecule has 0 atom stereocenters. The number of hydrogen-bond acceptors (Lipinski definition) is 10. The van der Waals surface area contributed by atoms with Crippen LogP contribution in [0.15, 0.2) is 97.1 Å². The zero-order valence-corrected chi connectivity index (χ0v) is 35.2. The molecule has 1 aliphatic rings. The molecule has 4 aromatic rings. The average molecular weight is 821 g/mol. The first-order valence-electron chi connectivity index (χ1n) is 21.8. The highest BCUT2D eigenvalue weighted by molar-refractivity contribution is 5.78. The molecule has 1 fully saturated rings. The Balaban J connectivity index is 0.977. The first kappa shape index (κ1) is 45.4. The number of carbonyl (C=O) groups is 4. The molecule has 0 N–H and O–H groups in total. The van der Waals surface area contributed by atoms with Gasteiger partial charge in [0, 0.05) is 0 Å². The van der Waals surface area contributed by atoms with Gasteiger partial charge in [-0.05, 0) is 109 Å². The molecular weight excluding hydrogens is 761 g/mol.